The molecule has 2 heteroatoms. The van der Waals surface area contributed by atoms with E-state index in [1.165, 1.54) is 5.56 Å². The van der Waals surface area contributed by atoms with Gasteiger partial charge in [-0.2, -0.15) is 0 Å². The number of hydrogen-bond donors (Lipinski definition) is 1. The van der Waals surface area contributed by atoms with Crippen LogP contribution in [-0.2, 0) is 6.42 Å². The minimum atomic E-state index is 0.349. The number of aliphatic hydroxyl groups excluding tert-OH is 1. The van der Waals surface area contributed by atoms with Crippen molar-refractivity contribution in [3.63, 3.8) is 0 Å². The number of aliphatic hydroxyl groups is 1. The van der Waals surface area contributed by atoms with Gasteiger partial charge in [-0.3, -0.25) is 0 Å². The highest BCUT2D eigenvalue weighted by Gasteiger charge is 2.20. The largest absolute Gasteiger partial charge is 0.396 e. The zero-order valence-electron chi connectivity index (χ0n) is 9.10. The standard InChI is InChI=1S/C13H19NO/c15-11-13-7-9-14(10-13)8-6-12-4-2-1-3-5-12/h1-5,13,15H,6-11H2/t13-/m0/s1. The molecule has 0 bridgehead atoms. The van der Waals surface area contributed by atoms with Crippen molar-refractivity contribution in [2.24, 2.45) is 5.92 Å². The molecule has 1 atom stereocenters. The Bertz CT molecular complexity index is 286. The smallest absolute Gasteiger partial charge is 0.0471 e. The van der Waals surface area contributed by atoms with E-state index >= 15 is 0 Å². The molecule has 2 nitrogen and oxygen atoms in total. The van der Waals surface area contributed by atoms with E-state index in [1.54, 1.807) is 0 Å². The molecule has 1 saturated heterocycles. The summed E-state index contributed by atoms with van der Waals surface area (Å²) in [5.41, 5.74) is 1.41. The summed E-state index contributed by atoms with van der Waals surface area (Å²) < 4.78 is 0. The van der Waals surface area contributed by atoms with Crippen molar-refractivity contribution in [1.29, 1.82) is 0 Å². The molecule has 0 aliphatic carbocycles. The monoisotopic (exact) mass is 205 g/mol. The van der Waals surface area contributed by atoms with Gasteiger partial charge in [0, 0.05) is 19.7 Å². The van der Waals surface area contributed by atoms with E-state index < -0.39 is 0 Å². The molecule has 82 valence electrons. The lowest BCUT2D eigenvalue weighted by Crippen LogP contribution is -2.24. The van der Waals surface area contributed by atoms with Gasteiger partial charge in [0.25, 0.3) is 0 Å². The van der Waals surface area contributed by atoms with Crippen molar-refractivity contribution in [1.82, 2.24) is 4.90 Å². The molecule has 0 saturated carbocycles. The molecule has 0 aromatic heterocycles. The SMILES string of the molecule is OC[C@H]1CCN(CCc2ccccc2)C1. The van der Waals surface area contributed by atoms with Crippen LogP contribution in [0.5, 0.6) is 0 Å². The average molecular weight is 205 g/mol. The van der Waals surface area contributed by atoms with E-state index in [0.717, 1.165) is 32.5 Å². The second-order valence-electron chi connectivity index (χ2n) is 4.37. The predicted molar refractivity (Wildman–Crippen MR) is 61.8 cm³/mol. The molecule has 1 aliphatic heterocycles. The molecule has 1 fully saturated rings. The van der Waals surface area contributed by atoms with Gasteiger partial charge < -0.3 is 10.0 Å². The van der Waals surface area contributed by atoms with Gasteiger partial charge in [0.15, 0.2) is 0 Å². The number of hydrogen-bond acceptors (Lipinski definition) is 2. The van der Waals surface area contributed by atoms with Crippen LogP contribution in [0.4, 0.5) is 0 Å². The fraction of sp³-hybridized carbons (Fsp3) is 0.538. The van der Waals surface area contributed by atoms with Crippen LogP contribution in [0.15, 0.2) is 30.3 Å². The highest BCUT2D eigenvalue weighted by Crippen LogP contribution is 2.15. The minimum Gasteiger partial charge on any atom is -0.396 e. The number of benzene rings is 1. The molecular weight excluding hydrogens is 186 g/mol. The van der Waals surface area contributed by atoms with E-state index in [2.05, 4.69) is 35.2 Å². The van der Waals surface area contributed by atoms with Gasteiger partial charge in [-0.1, -0.05) is 30.3 Å². The summed E-state index contributed by atoms with van der Waals surface area (Å²) in [6.45, 7) is 3.70. The summed E-state index contributed by atoms with van der Waals surface area (Å²) in [7, 11) is 0. The number of likely N-dealkylation sites (tertiary alicyclic amines) is 1. The van der Waals surface area contributed by atoms with E-state index in [1.807, 2.05) is 0 Å². The van der Waals surface area contributed by atoms with Gasteiger partial charge in [0.05, 0.1) is 0 Å². The Hall–Kier alpha value is -0.860. The van der Waals surface area contributed by atoms with Crippen molar-refractivity contribution in [3.8, 4) is 0 Å². The van der Waals surface area contributed by atoms with E-state index in [0.29, 0.717) is 12.5 Å². The molecule has 0 spiro atoms. The zero-order valence-corrected chi connectivity index (χ0v) is 9.10. The van der Waals surface area contributed by atoms with Crippen LogP contribution < -0.4 is 0 Å². The van der Waals surface area contributed by atoms with E-state index in [9.17, 15) is 0 Å². The lowest BCUT2D eigenvalue weighted by Gasteiger charge is -2.15. The summed E-state index contributed by atoms with van der Waals surface area (Å²) in [5.74, 6) is 0.515. The van der Waals surface area contributed by atoms with Crippen LogP contribution in [0.1, 0.15) is 12.0 Å². The Morgan fingerprint density at radius 1 is 1.27 bits per heavy atom. The molecule has 1 N–H and O–H groups in total. The Balaban J connectivity index is 1.75. The number of nitrogens with zero attached hydrogens (tertiary/aromatic N) is 1. The normalized spacial score (nSPS) is 22.1. The fourth-order valence-corrected chi connectivity index (χ4v) is 2.20. The first-order valence-corrected chi connectivity index (χ1v) is 5.75. The van der Waals surface area contributed by atoms with Crippen LogP contribution in [0.3, 0.4) is 0 Å². The van der Waals surface area contributed by atoms with E-state index in [4.69, 9.17) is 5.11 Å². The lowest BCUT2D eigenvalue weighted by molar-refractivity contribution is 0.222. The van der Waals surface area contributed by atoms with Gasteiger partial charge in [0.2, 0.25) is 0 Å². The quantitative estimate of drug-likeness (QED) is 0.806. The molecule has 0 radical (unpaired) electrons. The van der Waals surface area contributed by atoms with Crippen molar-refractivity contribution in [2.75, 3.05) is 26.2 Å². The second kappa shape index (κ2) is 5.29. The van der Waals surface area contributed by atoms with Crippen molar-refractivity contribution in [2.45, 2.75) is 12.8 Å². The molecule has 1 aliphatic rings. The summed E-state index contributed by atoms with van der Waals surface area (Å²) in [4.78, 5) is 2.45. The first-order valence-electron chi connectivity index (χ1n) is 5.75. The van der Waals surface area contributed by atoms with Crippen molar-refractivity contribution < 1.29 is 5.11 Å². The van der Waals surface area contributed by atoms with Crippen molar-refractivity contribution in [3.05, 3.63) is 35.9 Å². The Morgan fingerprint density at radius 2 is 2.07 bits per heavy atom. The maximum absolute atomic E-state index is 9.04. The first kappa shape index (κ1) is 10.7. The summed E-state index contributed by atoms with van der Waals surface area (Å²) in [6.07, 6.45) is 2.28. The van der Waals surface area contributed by atoms with E-state index in [-0.39, 0.29) is 0 Å². The van der Waals surface area contributed by atoms with Gasteiger partial charge in [0.1, 0.15) is 0 Å². The molecule has 1 aromatic rings. The first-order chi connectivity index (χ1) is 7.38. The molecule has 1 heterocycles. The lowest BCUT2D eigenvalue weighted by atomic mass is 10.1. The van der Waals surface area contributed by atoms with Gasteiger partial charge in [-0.15, -0.1) is 0 Å². The Morgan fingerprint density at radius 3 is 2.73 bits per heavy atom. The zero-order chi connectivity index (χ0) is 10.5. The maximum Gasteiger partial charge on any atom is 0.0471 e. The third kappa shape index (κ3) is 3.05. The fourth-order valence-electron chi connectivity index (χ4n) is 2.20. The Labute approximate surface area is 91.5 Å². The third-order valence-corrected chi connectivity index (χ3v) is 3.19. The highest BCUT2D eigenvalue weighted by molar-refractivity contribution is 5.14. The minimum absolute atomic E-state index is 0.349. The van der Waals surface area contributed by atoms with Crippen LogP contribution >= 0.6 is 0 Å². The van der Waals surface area contributed by atoms with Crippen LogP contribution in [0, 0.1) is 5.92 Å². The summed E-state index contributed by atoms with van der Waals surface area (Å²) in [6, 6.07) is 10.6. The predicted octanol–water partition coefficient (Wildman–Crippen LogP) is 1.54. The second-order valence-corrected chi connectivity index (χ2v) is 4.37. The van der Waals surface area contributed by atoms with Crippen LogP contribution in [0.2, 0.25) is 0 Å². The van der Waals surface area contributed by atoms with Crippen molar-refractivity contribution >= 4 is 0 Å². The molecule has 15 heavy (non-hydrogen) atoms. The van der Waals surface area contributed by atoms with Gasteiger partial charge >= 0.3 is 0 Å². The maximum atomic E-state index is 9.04. The van der Waals surface area contributed by atoms with Gasteiger partial charge in [-0.05, 0) is 30.9 Å². The summed E-state index contributed by atoms with van der Waals surface area (Å²) in [5, 5.41) is 9.04. The molecule has 2 rings (SSSR count). The molecular formula is C13H19NO. The summed E-state index contributed by atoms with van der Waals surface area (Å²) >= 11 is 0. The number of rotatable bonds is 4. The van der Waals surface area contributed by atoms with Crippen LogP contribution in [0.25, 0.3) is 0 Å². The molecule has 0 unspecified atom stereocenters. The average Bonchev–Trinajstić information content (AvgIpc) is 2.76. The van der Waals surface area contributed by atoms with Crippen LogP contribution in [-0.4, -0.2) is 36.2 Å². The van der Waals surface area contributed by atoms with Gasteiger partial charge in [-0.25, -0.2) is 0 Å². The third-order valence-electron chi connectivity index (χ3n) is 3.19. The molecule has 1 aromatic carbocycles. The Kier molecular flexibility index (Phi) is 3.75. The molecule has 0 amide bonds. The highest BCUT2D eigenvalue weighted by atomic mass is 16.3. The topological polar surface area (TPSA) is 23.5 Å².